The van der Waals surface area contributed by atoms with Gasteiger partial charge in [0.1, 0.15) is 6.04 Å². The number of carboxylic acids is 1. The fourth-order valence-electron chi connectivity index (χ4n) is 3.96. The number of nitrogens with one attached hydrogen (secondary N) is 1. The molecule has 0 spiro atoms. The van der Waals surface area contributed by atoms with Crippen molar-refractivity contribution in [2.24, 2.45) is 0 Å². The number of aliphatic carboxylic acids is 1. The number of hydrogen-bond donors (Lipinski definition) is 2. The normalized spacial score (nSPS) is 13.9. The molecule has 0 aliphatic heterocycles. The summed E-state index contributed by atoms with van der Waals surface area (Å²) in [6.07, 6.45) is -4.60. The van der Waals surface area contributed by atoms with Gasteiger partial charge in [-0.05, 0) is 39.9 Å². The third kappa shape index (κ3) is 4.03. The molecule has 0 saturated carbocycles. The average Bonchev–Trinajstić information content (AvgIpc) is 3.07. The van der Waals surface area contributed by atoms with Crippen LogP contribution in [0.25, 0.3) is 11.1 Å². The third-order valence-corrected chi connectivity index (χ3v) is 5.43. The number of halogens is 3. The van der Waals surface area contributed by atoms with Gasteiger partial charge in [0.15, 0.2) is 0 Å². The van der Waals surface area contributed by atoms with Gasteiger partial charge in [-0.2, -0.15) is 13.2 Å². The standard InChI is InChI=1S/C24H18F3NO3/c25-24(26,27)15-11-9-14(10-12-15)13-20(23(30)31)28-22(29)21-18-7-3-1-5-16(18)17-6-2-4-8-19(17)21/h1-12,20-21H,13H2,(H,28,29)(H,30,31)/t20-/m1/s1. The molecular formula is C24H18F3NO3. The summed E-state index contributed by atoms with van der Waals surface area (Å²) in [6.45, 7) is 0. The van der Waals surface area contributed by atoms with Gasteiger partial charge in [0.05, 0.1) is 11.5 Å². The lowest BCUT2D eigenvalue weighted by Crippen LogP contribution is -2.44. The van der Waals surface area contributed by atoms with Crippen molar-refractivity contribution in [2.75, 3.05) is 0 Å². The molecule has 0 radical (unpaired) electrons. The highest BCUT2D eigenvalue weighted by Gasteiger charge is 2.35. The first kappa shape index (κ1) is 20.7. The maximum Gasteiger partial charge on any atom is 0.416 e. The Morgan fingerprint density at radius 2 is 1.39 bits per heavy atom. The largest absolute Gasteiger partial charge is 0.480 e. The van der Waals surface area contributed by atoms with Crippen LogP contribution in [0.2, 0.25) is 0 Å². The molecule has 4 rings (SSSR count). The Labute approximate surface area is 176 Å². The van der Waals surface area contributed by atoms with Gasteiger partial charge in [0, 0.05) is 6.42 Å². The summed E-state index contributed by atoms with van der Waals surface area (Å²) < 4.78 is 38.2. The zero-order valence-electron chi connectivity index (χ0n) is 16.2. The first-order valence-electron chi connectivity index (χ1n) is 9.63. The molecule has 2 N–H and O–H groups in total. The van der Waals surface area contributed by atoms with Crippen LogP contribution in [0.4, 0.5) is 13.2 Å². The van der Waals surface area contributed by atoms with E-state index in [1.807, 2.05) is 48.5 Å². The Morgan fingerprint density at radius 3 is 1.87 bits per heavy atom. The van der Waals surface area contributed by atoms with Gasteiger partial charge in [-0.25, -0.2) is 4.79 Å². The summed E-state index contributed by atoms with van der Waals surface area (Å²) in [5.41, 5.74) is 3.00. The average molecular weight is 425 g/mol. The van der Waals surface area contributed by atoms with E-state index in [9.17, 15) is 27.9 Å². The fourth-order valence-corrected chi connectivity index (χ4v) is 3.96. The van der Waals surface area contributed by atoms with E-state index in [1.165, 1.54) is 12.1 Å². The van der Waals surface area contributed by atoms with E-state index in [0.717, 1.165) is 34.4 Å². The van der Waals surface area contributed by atoms with Crippen molar-refractivity contribution in [3.05, 3.63) is 95.1 Å². The van der Waals surface area contributed by atoms with Gasteiger partial charge in [-0.3, -0.25) is 4.79 Å². The summed E-state index contributed by atoms with van der Waals surface area (Å²) in [5.74, 6) is -2.37. The Balaban J connectivity index is 1.57. The van der Waals surface area contributed by atoms with E-state index in [0.29, 0.717) is 5.56 Å². The number of benzene rings is 3. The van der Waals surface area contributed by atoms with Crippen molar-refractivity contribution in [2.45, 2.75) is 24.6 Å². The molecule has 0 bridgehead atoms. The van der Waals surface area contributed by atoms with Gasteiger partial charge in [0.2, 0.25) is 5.91 Å². The monoisotopic (exact) mass is 425 g/mol. The molecular weight excluding hydrogens is 407 g/mol. The van der Waals surface area contributed by atoms with E-state index in [1.54, 1.807) is 0 Å². The van der Waals surface area contributed by atoms with Crippen molar-refractivity contribution in [1.82, 2.24) is 5.32 Å². The Bertz CT molecular complexity index is 1090. The maximum atomic E-state index is 13.1. The van der Waals surface area contributed by atoms with Crippen LogP contribution in [0.1, 0.15) is 28.2 Å². The summed E-state index contributed by atoms with van der Waals surface area (Å²) in [7, 11) is 0. The smallest absolute Gasteiger partial charge is 0.416 e. The topological polar surface area (TPSA) is 66.4 Å². The van der Waals surface area contributed by atoms with E-state index in [-0.39, 0.29) is 6.42 Å². The second kappa shape index (κ2) is 7.91. The molecule has 3 aromatic carbocycles. The van der Waals surface area contributed by atoms with E-state index in [4.69, 9.17) is 0 Å². The van der Waals surface area contributed by atoms with Crippen LogP contribution in [0.3, 0.4) is 0 Å². The summed E-state index contributed by atoms with van der Waals surface area (Å²) >= 11 is 0. The highest BCUT2D eigenvalue weighted by Crippen LogP contribution is 2.44. The molecule has 158 valence electrons. The maximum absolute atomic E-state index is 13.1. The fraction of sp³-hybridized carbons (Fsp3) is 0.167. The number of hydrogen-bond acceptors (Lipinski definition) is 2. The van der Waals surface area contributed by atoms with Gasteiger partial charge in [0.25, 0.3) is 0 Å². The number of rotatable bonds is 5. The minimum Gasteiger partial charge on any atom is -0.480 e. The number of amides is 1. The second-order valence-corrected chi connectivity index (χ2v) is 7.41. The second-order valence-electron chi connectivity index (χ2n) is 7.41. The quantitative estimate of drug-likeness (QED) is 0.627. The Kier molecular flexibility index (Phi) is 5.27. The van der Waals surface area contributed by atoms with Crippen molar-refractivity contribution in [3.63, 3.8) is 0 Å². The molecule has 1 atom stereocenters. The van der Waals surface area contributed by atoms with Gasteiger partial charge >= 0.3 is 12.1 Å². The zero-order valence-corrected chi connectivity index (χ0v) is 16.2. The lowest BCUT2D eigenvalue weighted by atomic mass is 9.95. The molecule has 1 aliphatic rings. The molecule has 7 heteroatoms. The van der Waals surface area contributed by atoms with Crippen molar-refractivity contribution >= 4 is 11.9 Å². The van der Waals surface area contributed by atoms with E-state index < -0.39 is 35.6 Å². The summed E-state index contributed by atoms with van der Waals surface area (Å²) in [4.78, 5) is 24.9. The first-order valence-corrected chi connectivity index (χ1v) is 9.63. The Hall–Kier alpha value is -3.61. The van der Waals surface area contributed by atoms with Crippen LogP contribution in [0, 0.1) is 0 Å². The van der Waals surface area contributed by atoms with Crippen molar-refractivity contribution in [1.29, 1.82) is 0 Å². The number of alkyl halides is 3. The van der Waals surface area contributed by atoms with Crippen LogP contribution in [0.5, 0.6) is 0 Å². The number of carbonyl (C=O) groups excluding carboxylic acids is 1. The van der Waals surface area contributed by atoms with Gasteiger partial charge in [-0.15, -0.1) is 0 Å². The Morgan fingerprint density at radius 1 is 0.871 bits per heavy atom. The molecule has 0 saturated heterocycles. The lowest BCUT2D eigenvalue weighted by molar-refractivity contribution is -0.142. The third-order valence-electron chi connectivity index (χ3n) is 5.43. The minimum absolute atomic E-state index is 0.130. The highest BCUT2D eigenvalue weighted by molar-refractivity contribution is 5.97. The molecule has 4 nitrogen and oxygen atoms in total. The zero-order chi connectivity index (χ0) is 22.2. The molecule has 0 unspecified atom stereocenters. The van der Waals surface area contributed by atoms with Crippen LogP contribution in [0.15, 0.2) is 72.8 Å². The van der Waals surface area contributed by atoms with Crippen LogP contribution in [-0.4, -0.2) is 23.0 Å². The highest BCUT2D eigenvalue weighted by atomic mass is 19.4. The first-order chi connectivity index (χ1) is 14.8. The predicted molar refractivity (Wildman–Crippen MR) is 108 cm³/mol. The molecule has 3 aromatic rings. The summed E-state index contributed by atoms with van der Waals surface area (Å²) in [6, 6.07) is 17.9. The molecule has 0 aromatic heterocycles. The molecule has 0 fully saturated rings. The molecule has 1 aliphatic carbocycles. The minimum atomic E-state index is -4.47. The van der Waals surface area contributed by atoms with Crippen LogP contribution >= 0.6 is 0 Å². The van der Waals surface area contributed by atoms with E-state index >= 15 is 0 Å². The molecule has 0 heterocycles. The number of carbonyl (C=O) groups is 2. The number of fused-ring (bicyclic) bond motifs is 3. The van der Waals surface area contributed by atoms with Crippen LogP contribution in [-0.2, 0) is 22.2 Å². The lowest BCUT2D eigenvalue weighted by Gasteiger charge is -2.19. The summed E-state index contributed by atoms with van der Waals surface area (Å²) in [5, 5.41) is 12.2. The van der Waals surface area contributed by atoms with Crippen molar-refractivity contribution in [3.8, 4) is 11.1 Å². The predicted octanol–water partition coefficient (Wildman–Crippen LogP) is 4.63. The van der Waals surface area contributed by atoms with Gasteiger partial charge in [-0.1, -0.05) is 60.7 Å². The van der Waals surface area contributed by atoms with Crippen LogP contribution < -0.4 is 5.32 Å². The molecule has 31 heavy (non-hydrogen) atoms. The SMILES string of the molecule is O=C(N[C@H](Cc1ccc(C(F)(F)F)cc1)C(=O)O)C1c2ccccc2-c2ccccc21. The van der Waals surface area contributed by atoms with E-state index in [2.05, 4.69) is 5.32 Å². The number of carboxylic acid groups (broad SMARTS) is 1. The molecule has 1 amide bonds. The van der Waals surface area contributed by atoms with Gasteiger partial charge < -0.3 is 10.4 Å². The van der Waals surface area contributed by atoms with Crippen molar-refractivity contribution < 1.29 is 27.9 Å².